The van der Waals surface area contributed by atoms with Gasteiger partial charge >= 0.3 is 6.03 Å². The van der Waals surface area contributed by atoms with E-state index in [1.165, 1.54) is 0 Å². The molecule has 0 saturated carbocycles. The number of carbonyl (C=O) groups excluding carboxylic acids is 1. The van der Waals surface area contributed by atoms with Crippen molar-refractivity contribution in [3.63, 3.8) is 0 Å². The molecule has 1 fully saturated rings. The van der Waals surface area contributed by atoms with Gasteiger partial charge in [-0.05, 0) is 26.0 Å². The first-order valence-corrected chi connectivity index (χ1v) is 6.44. The van der Waals surface area contributed by atoms with Gasteiger partial charge in [0.05, 0.1) is 19.3 Å². The number of benzene rings is 1. The number of hydrogen-bond acceptors (Lipinski definition) is 3. The number of urea groups is 1. The van der Waals surface area contributed by atoms with Crippen LogP contribution in [0.4, 0.5) is 10.5 Å². The van der Waals surface area contributed by atoms with Crippen molar-refractivity contribution in [1.82, 2.24) is 4.90 Å². The number of methoxy groups -OCH3 is 1. The minimum Gasteiger partial charge on any atom is -0.497 e. The number of morpholine rings is 1. The van der Waals surface area contributed by atoms with Crippen LogP contribution in [0, 0.1) is 0 Å². The second-order valence-electron chi connectivity index (χ2n) is 4.82. The zero-order valence-electron chi connectivity index (χ0n) is 11.6. The Morgan fingerprint density at radius 1 is 1.37 bits per heavy atom. The van der Waals surface area contributed by atoms with E-state index >= 15 is 0 Å². The van der Waals surface area contributed by atoms with Crippen LogP contribution >= 0.6 is 0 Å². The molecule has 19 heavy (non-hydrogen) atoms. The Morgan fingerprint density at radius 2 is 2.05 bits per heavy atom. The third kappa shape index (κ3) is 3.61. The van der Waals surface area contributed by atoms with Crippen molar-refractivity contribution >= 4 is 11.7 Å². The number of ether oxygens (including phenoxy) is 2. The van der Waals surface area contributed by atoms with Crippen molar-refractivity contribution in [1.29, 1.82) is 0 Å². The summed E-state index contributed by atoms with van der Waals surface area (Å²) in [5.74, 6) is 0.724. The molecule has 1 aromatic rings. The van der Waals surface area contributed by atoms with Crippen molar-refractivity contribution < 1.29 is 14.3 Å². The number of hydrogen-bond donors (Lipinski definition) is 1. The summed E-state index contributed by atoms with van der Waals surface area (Å²) < 4.78 is 10.7. The topological polar surface area (TPSA) is 50.8 Å². The van der Waals surface area contributed by atoms with E-state index in [0.29, 0.717) is 13.1 Å². The number of rotatable bonds is 2. The van der Waals surface area contributed by atoms with Crippen LogP contribution in [0.3, 0.4) is 0 Å². The maximum atomic E-state index is 12.2. The largest absolute Gasteiger partial charge is 0.497 e. The Morgan fingerprint density at radius 3 is 2.68 bits per heavy atom. The molecule has 1 aliphatic rings. The minimum absolute atomic E-state index is 0.0693. The van der Waals surface area contributed by atoms with Crippen LogP contribution in [-0.4, -0.2) is 43.3 Å². The van der Waals surface area contributed by atoms with Gasteiger partial charge in [-0.2, -0.15) is 0 Å². The number of nitrogens with one attached hydrogen (secondary N) is 1. The Balaban J connectivity index is 2.00. The first kappa shape index (κ1) is 13.7. The van der Waals surface area contributed by atoms with Crippen LogP contribution in [-0.2, 0) is 4.74 Å². The molecule has 2 unspecified atom stereocenters. The third-order valence-corrected chi connectivity index (χ3v) is 3.03. The molecule has 2 rings (SSSR count). The quantitative estimate of drug-likeness (QED) is 0.892. The smallest absolute Gasteiger partial charge is 0.322 e. The van der Waals surface area contributed by atoms with Crippen LogP contribution in [0.5, 0.6) is 5.75 Å². The van der Waals surface area contributed by atoms with Gasteiger partial charge in [-0.25, -0.2) is 4.79 Å². The van der Waals surface area contributed by atoms with Gasteiger partial charge in [0.2, 0.25) is 0 Å². The lowest BCUT2D eigenvalue weighted by Gasteiger charge is -2.35. The van der Waals surface area contributed by atoms with E-state index in [9.17, 15) is 4.79 Å². The zero-order valence-corrected chi connectivity index (χ0v) is 11.6. The summed E-state index contributed by atoms with van der Waals surface area (Å²) in [7, 11) is 1.60. The molecule has 2 atom stereocenters. The molecular weight excluding hydrogens is 244 g/mol. The fraction of sp³-hybridized carbons (Fsp3) is 0.500. The van der Waals surface area contributed by atoms with Gasteiger partial charge in [-0.15, -0.1) is 0 Å². The fourth-order valence-electron chi connectivity index (χ4n) is 2.25. The van der Waals surface area contributed by atoms with Gasteiger partial charge in [0.1, 0.15) is 5.75 Å². The summed E-state index contributed by atoms with van der Waals surface area (Å²) in [5, 5.41) is 2.88. The van der Waals surface area contributed by atoms with Gasteiger partial charge in [0.15, 0.2) is 0 Å². The average molecular weight is 264 g/mol. The van der Waals surface area contributed by atoms with Crippen molar-refractivity contribution in [2.75, 3.05) is 25.5 Å². The summed E-state index contributed by atoms with van der Waals surface area (Å²) in [5.41, 5.74) is 0.733. The predicted molar refractivity (Wildman–Crippen MR) is 73.6 cm³/mol. The molecule has 1 N–H and O–H groups in total. The van der Waals surface area contributed by atoms with Crippen LogP contribution in [0.15, 0.2) is 24.3 Å². The molecule has 1 saturated heterocycles. The SMILES string of the molecule is COc1cccc(NC(=O)N2CC(C)OC(C)C2)c1. The minimum atomic E-state index is -0.102. The van der Waals surface area contributed by atoms with E-state index in [0.717, 1.165) is 11.4 Å². The fourth-order valence-corrected chi connectivity index (χ4v) is 2.25. The Labute approximate surface area is 113 Å². The normalized spacial score (nSPS) is 23.0. The Kier molecular flexibility index (Phi) is 4.27. The molecule has 2 amide bonds. The van der Waals surface area contributed by atoms with Crippen molar-refractivity contribution in [2.24, 2.45) is 0 Å². The van der Waals surface area contributed by atoms with Gasteiger partial charge < -0.3 is 19.7 Å². The number of anilines is 1. The molecule has 1 heterocycles. The summed E-state index contributed by atoms with van der Waals surface area (Å²) in [6, 6.07) is 7.22. The molecule has 5 heteroatoms. The molecule has 5 nitrogen and oxygen atoms in total. The highest BCUT2D eigenvalue weighted by Gasteiger charge is 2.25. The maximum absolute atomic E-state index is 12.2. The summed E-state index contributed by atoms with van der Waals surface area (Å²) in [6.45, 7) is 5.17. The second kappa shape index (κ2) is 5.93. The molecule has 0 aromatic heterocycles. The molecular formula is C14H20N2O3. The van der Waals surface area contributed by atoms with E-state index in [1.807, 2.05) is 32.0 Å². The molecule has 0 radical (unpaired) electrons. The lowest BCUT2D eigenvalue weighted by atomic mass is 10.2. The Bertz CT molecular complexity index is 440. The molecule has 0 bridgehead atoms. The number of carbonyl (C=O) groups is 1. The highest BCUT2D eigenvalue weighted by Crippen LogP contribution is 2.18. The summed E-state index contributed by atoms with van der Waals surface area (Å²) in [6.07, 6.45) is 0.139. The van der Waals surface area contributed by atoms with Crippen LogP contribution < -0.4 is 10.1 Å². The average Bonchev–Trinajstić information content (AvgIpc) is 2.37. The van der Waals surface area contributed by atoms with E-state index in [-0.39, 0.29) is 18.2 Å². The molecule has 1 aromatic carbocycles. The second-order valence-corrected chi connectivity index (χ2v) is 4.82. The first-order valence-electron chi connectivity index (χ1n) is 6.44. The highest BCUT2D eigenvalue weighted by molar-refractivity contribution is 5.89. The monoisotopic (exact) mass is 264 g/mol. The van der Waals surface area contributed by atoms with E-state index in [1.54, 1.807) is 18.1 Å². The number of nitrogens with zero attached hydrogens (tertiary/aromatic N) is 1. The standard InChI is InChI=1S/C14H20N2O3/c1-10-8-16(9-11(2)19-10)14(17)15-12-5-4-6-13(7-12)18-3/h4-7,10-11H,8-9H2,1-3H3,(H,15,17). The van der Waals surface area contributed by atoms with Gasteiger partial charge in [0, 0.05) is 24.8 Å². The van der Waals surface area contributed by atoms with Gasteiger partial charge in [-0.3, -0.25) is 0 Å². The summed E-state index contributed by atoms with van der Waals surface area (Å²) in [4.78, 5) is 14.0. The van der Waals surface area contributed by atoms with Gasteiger partial charge in [-0.1, -0.05) is 6.07 Å². The van der Waals surface area contributed by atoms with Crippen LogP contribution in [0.1, 0.15) is 13.8 Å². The third-order valence-electron chi connectivity index (χ3n) is 3.03. The molecule has 104 valence electrons. The molecule has 0 spiro atoms. The van der Waals surface area contributed by atoms with Crippen molar-refractivity contribution in [2.45, 2.75) is 26.1 Å². The number of amides is 2. The van der Waals surface area contributed by atoms with E-state index in [2.05, 4.69) is 5.32 Å². The lowest BCUT2D eigenvalue weighted by molar-refractivity contribution is -0.0530. The van der Waals surface area contributed by atoms with E-state index in [4.69, 9.17) is 9.47 Å². The summed E-state index contributed by atoms with van der Waals surface area (Å²) >= 11 is 0. The Hall–Kier alpha value is -1.75. The van der Waals surface area contributed by atoms with Gasteiger partial charge in [0.25, 0.3) is 0 Å². The van der Waals surface area contributed by atoms with Crippen LogP contribution in [0.25, 0.3) is 0 Å². The van der Waals surface area contributed by atoms with Crippen molar-refractivity contribution in [3.8, 4) is 5.75 Å². The maximum Gasteiger partial charge on any atom is 0.322 e. The van der Waals surface area contributed by atoms with E-state index < -0.39 is 0 Å². The molecule has 0 aliphatic carbocycles. The highest BCUT2D eigenvalue weighted by atomic mass is 16.5. The van der Waals surface area contributed by atoms with Crippen molar-refractivity contribution in [3.05, 3.63) is 24.3 Å². The zero-order chi connectivity index (χ0) is 13.8. The predicted octanol–water partition coefficient (Wildman–Crippen LogP) is 2.34. The van der Waals surface area contributed by atoms with Crippen LogP contribution in [0.2, 0.25) is 0 Å². The molecule has 1 aliphatic heterocycles. The first-order chi connectivity index (χ1) is 9.08. The lowest BCUT2D eigenvalue weighted by Crippen LogP contribution is -2.49.